The summed E-state index contributed by atoms with van der Waals surface area (Å²) in [5.41, 5.74) is 1.90. The van der Waals surface area contributed by atoms with E-state index in [9.17, 15) is 0 Å². The normalized spacial score (nSPS) is 23.1. The Bertz CT molecular complexity index is 587. The predicted molar refractivity (Wildman–Crippen MR) is 81.1 cm³/mol. The number of piperidine rings is 1. The van der Waals surface area contributed by atoms with Gasteiger partial charge in [-0.15, -0.1) is 21.5 Å². The van der Waals surface area contributed by atoms with Gasteiger partial charge in [0, 0.05) is 43.2 Å². The quantitative estimate of drug-likeness (QED) is 0.924. The first-order valence-corrected chi connectivity index (χ1v) is 8.50. The van der Waals surface area contributed by atoms with Crippen LogP contribution in [0.25, 0.3) is 0 Å². The van der Waals surface area contributed by atoms with E-state index in [1.165, 1.54) is 23.5 Å². The van der Waals surface area contributed by atoms with Crippen LogP contribution >= 0.6 is 11.3 Å². The molecule has 2 aromatic rings. The summed E-state index contributed by atoms with van der Waals surface area (Å²) in [7, 11) is 0. The first-order valence-electron chi connectivity index (χ1n) is 7.62. The van der Waals surface area contributed by atoms with Crippen molar-refractivity contribution < 1.29 is 0 Å². The van der Waals surface area contributed by atoms with Crippen LogP contribution in [-0.4, -0.2) is 44.3 Å². The van der Waals surface area contributed by atoms with E-state index in [1.807, 2.05) is 11.7 Å². The molecule has 2 aromatic heterocycles. The summed E-state index contributed by atoms with van der Waals surface area (Å²) in [6, 6.07) is 0. The van der Waals surface area contributed by atoms with Gasteiger partial charge >= 0.3 is 0 Å². The lowest BCUT2D eigenvalue weighted by Gasteiger charge is -2.29. The third-order valence-electron chi connectivity index (χ3n) is 4.39. The third-order valence-corrected chi connectivity index (χ3v) is 5.15. The van der Waals surface area contributed by atoms with Gasteiger partial charge in [-0.3, -0.25) is 9.88 Å². The van der Waals surface area contributed by atoms with E-state index in [0.29, 0.717) is 5.92 Å². The molecule has 4 rings (SSSR count). The molecule has 21 heavy (non-hydrogen) atoms. The predicted octanol–water partition coefficient (Wildman–Crippen LogP) is 1.22. The van der Waals surface area contributed by atoms with Crippen LogP contribution in [0.3, 0.4) is 0 Å². The molecular weight excluding hydrogens is 284 g/mol. The van der Waals surface area contributed by atoms with Crippen molar-refractivity contribution in [3.05, 3.63) is 28.2 Å². The molecule has 4 heterocycles. The van der Waals surface area contributed by atoms with E-state index >= 15 is 0 Å². The number of thiazole rings is 1. The van der Waals surface area contributed by atoms with Gasteiger partial charge in [-0.05, 0) is 19.4 Å². The fourth-order valence-corrected chi connectivity index (χ4v) is 3.92. The highest BCUT2D eigenvalue weighted by atomic mass is 32.1. The van der Waals surface area contributed by atoms with Crippen molar-refractivity contribution in [2.24, 2.45) is 0 Å². The minimum atomic E-state index is 0.535. The SMILES string of the molecule is c1ncc(CN2CCn3c(nnc3C3CCCNC3)C2)s1. The molecule has 2 aliphatic rings. The Morgan fingerprint density at radius 2 is 2.33 bits per heavy atom. The van der Waals surface area contributed by atoms with Crippen LogP contribution in [0.15, 0.2) is 11.7 Å². The molecule has 6 nitrogen and oxygen atoms in total. The molecule has 0 amide bonds. The molecular formula is C14H20N6S. The molecule has 2 aliphatic heterocycles. The molecule has 7 heteroatoms. The Kier molecular flexibility index (Phi) is 3.71. The molecule has 0 aliphatic carbocycles. The van der Waals surface area contributed by atoms with Gasteiger partial charge in [0.25, 0.3) is 0 Å². The highest BCUT2D eigenvalue weighted by molar-refractivity contribution is 7.09. The van der Waals surface area contributed by atoms with Crippen molar-refractivity contribution in [3.8, 4) is 0 Å². The maximum Gasteiger partial charge on any atom is 0.147 e. The summed E-state index contributed by atoms with van der Waals surface area (Å²) >= 11 is 1.72. The smallest absolute Gasteiger partial charge is 0.147 e. The molecule has 0 aromatic carbocycles. The van der Waals surface area contributed by atoms with Crippen LogP contribution in [0.1, 0.15) is 35.3 Å². The maximum atomic E-state index is 4.49. The fourth-order valence-electron chi connectivity index (χ4n) is 3.28. The van der Waals surface area contributed by atoms with Gasteiger partial charge in [-0.1, -0.05) is 0 Å². The largest absolute Gasteiger partial charge is 0.316 e. The van der Waals surface area contributed by atoms with Crippen LogP contribution in [-0.2, 0) is 19.6 Å². The van der Waals surface area contributed by atoms with E-state index in [0.717, 1.165) is 45.1 Å². The average Bonchev–Trinajstić information content (AvgIpc) is 3.17. The Morgan fingerprint density at radius 1 is 1.33 bits per heavy atom. The topological polar surface area (TPSA) is 58.9 Å². The Morgan fingerprint density at radius 3 is 3.14 bits per heavy atom. The van der Waals surface area contributed by atoms with Crippen LogP contribution < -0.4 is 5.32 Å². The van der Waals surface area contributed by atoms with E-state index in [-0.39, 0.29) is 0 Å². The molecule has 0 spiro atoms. The van der Waals surface area contributed by atoms with E-state index in [1.54, 1.807) is 11.3 Å². The Labute approximate surface area is 128 Å². The Hall–Kier alpha value is -1.31. The molecule has 1 unspecified atom stereocenters. The van der Waals surface area contributed by atoms with Crippen molar-refractivity contribution in [1.82, 2.24) is 30.0 Å². The van der Waals surface area contributed by atoms with E-state index < -0.39 is 0 Å². The van der Waals surface area contributed by atoms with Crippen LogP contribution in [0.4, 0.5) is 0 Å². The number of fused-ring (bicyclic) bond motifs is 1. The molecule has 0 radical (unpaired) electrons. The molecule has 1 saturated heterocycles. The second-order valence-corrected chi connectivity index (χ2v) is 6.82. The lowest BCUT2D eigenvalue weighted by molar-refractivity contribution is 0.207. The number of hydrogen-bond donors (Lipinski definition) is 1. The minimum absolute atomic E-state index is 0.535. The second-order valence-electron chi connectivity index (χ2n) is 5.85. The lowest BCUT2D eigenvalue weighted by atomic mass is 9.99. The zero-order valence-electron chi connectivity index (χ0n) is 12.0. The lowest BCUT2D eigenvalue weighted by Crippen LogP contribution is -2.35. The van der Waals surface area contributed by atoms with Crippen LogP contribution in [0, 0.1) is 0 Å². The molecule has 1 fully saturated rings. The van der Waals surface area contributed by atoms with Crippen molar-refractivity contribution in [2.45, 2.75) is 38.4 Å². The molecule has 1 N–H and O–H groups in total. The van der Waals surface area contributed by atoms with Crippen molar-refractivity contribution in [1.29, 1.82) is 0 Å². The van der Waals surface area contributed by atoms with Gasteiger partial charge in [0.1, 0.15) is 11.6 Å². The number of aromatic nitrogens is 4. The van der Waals surface area contributed by atoms with Gasteiger partial charge in [0.05, 0.1) is 12.1 Å². The zero-order valence-corrected chi connectivity index (χ0v) is 12.8. The van der Waals surface area contributed by atoms with Gasteiger partial charge in [0.15, 0.2) is 0 Å². The number of hydrogen-bond acceptors (Lipinski definition) is 6. The second kappa shape index (κ2) is 5.82. The molecule has 0 saturated carbocycles. The van der Waals surface area contributed by atoms with Gasteiger partial charge < -0.3 is 9.88 Å². The number of rotatable bonds is 3. The molecule has 112 valence electrons. The van der Waals surface area contributed by atoms with E-state index in [2.05, 4.69) is 30.0 Å². The summed E-state index contributed by atoms with van der Waals surface area (Å²) in [6.45, 7) is 6.12. The monoisotopic (exact) mass is 304 g/mol. The first-order chi connectivity index (χ1) is 10.4. The first kappa shape index (κ1) is 13.4. The third kappa shape index (κ3) is 2.73. The molecule has 0 bridgehead atoms. The number of nitrogens with one attached hydrogen (secondary N) is 1. The van der Waals surface area contributed by atoms with Crippen LogP contribution in [0.2, 0.25) is 0 Å². The van der Waals surface area contributed by atoms with Crippen molar-refractivity contribution in [3.63, 3.8) is 0 Å². The highest BCUT2D eigenvalue weighted by Crippen LogP contribution is 2.25. The van der Waals surface area contributed by atoms with Gasteiger partial charge in [-0.25, -0.2) is 0 Å². The molecule has 1 atom stereocenters. The summed E-state index contributed by atoms with van der Waals surface area (Å²) in [5, 5.41) is 12.4. The maximum absolute atomic E-state index is 4.49. The minimum Gasteiger partial charge on any atom is -0.316 e. The summed E-state index contributed by atoms with van der Waals surface area (Å²) in [6.07, 6.45) is 4.43. The van der Waals surface area contributed by atoms with Crippen molar-refractivity contribution >= 4 is 11.3 Å². The van der Waals surface area contributed by atoms with Gasteiger partial charge in [0.2, 0.25) is 0 Å². The summed E-state index contributed by atoms with van der Waals surface area (Å²) in [5.74, 6) is 2.84. The fraction of sp³-hybridized carbons (Fsp3) is 0.643. The summed E-state index contributed by atoms with van der Waals surface area (Å²) < 4.78 is 2.35. The summed E-state index contributed by atoms with van der Waals surface area (Å²) in [4.78, 5) is 7.90. The Balaban J connectivity index is 1.48. The zero-order chi connectivity index (χ0) is 14.1. The van der Waals surface area contributed by atoms with Crippen molar-refractivity contribution in [2.75, 3.05) is 19.6 Å². The van der Waals surface area contributed by atoms with Gasteiger partial charge in [-0.2, -0.15) is 0 Å². The van der Waals surface area contributed by atoms with E-state index in [4.69, 9.17) is 0 Å². The highest BCUT2D eigenvalue weighted by Gasteiger charge is 2.26. The van der Waals surface area contributed by atoms with Crippen LogP contribution in [0.5, 0.6) is 0 Å². The standard InChI is InChI=1S/C14H20N6S/c1-2-11(6-15-3-1)14-18-17-13-9-19(4-5-20(13)14)8-12-7-16-10-21-12/h7,10-11,15H,1-6,8-9H2. The number of nitrogens with zero attached hydrogens (tertiary/aromatic N) is 5. The average molecular weight is 304 g/mol.